The van der Waals surface area contributed by atoms with Crippen LogP contribution in [0, 0.1) is 11.6 Å². The van der Waals surface area contributed by atoms with Gasteiger partial charge < -0.3 is 9.47 Å². The van der Waals surface area contributed by atoms with E-state index in [4.69, 9.17) is 0 Å². The second-order valence-corrected chi connectivity index (χ2v) is 6.06. The Morgan fingerprint density at radius 3 is 2.56 bits per heavy atom. The molecule has 2 aromatic carbocycles. The normalized spacial score (nSPS) is 16.6. The Hall–Kier alpha value is -2.95. The lowest BCUT2D eigenvalue weighted by Crippen LogP contribution is -2.42. The van der Waals surface area contributed by atoms with Crippen LogP contribution in [-0.4, -0.2) is 21.9 Å². The van der Waals surface area contributed by atoms with E-state index >= 15 is 0 Å². The highest BCUT2D eigenvalue weighted by atomic mass is 19.1. The molecule has 1 aliphatic rings. The summed E-state index contributed by atoms with van der Waals surface area (Å²) in [6.07, 6.45) is 1.97. The predicted molar refractivity (Wildman–Crippen MR) is 90.1 cm³/mol. The minimum atomic E-state index is -0.709. The van der Waals surface area contributed by atoms with Crippen molar-refractivity contribution >= 4 is 5.91 Å². The maximum atomic E-state index is 14.1. The zero-order valence-corrected chi connectivity index (χ0v) is 13.4. The SMILES string of the molecule is O=C(c1cc(F)ccc1F)N1CCn2cccc2C1c1ccccc1. The molecule has 1 aliphatic heterocycles. The molecule has 25 heavy (non-hydrogen) atoms. The van der Waals surface area contributed by atoms with Crippen LogP contribution in [-0.2, 0) is 6.54 Å². The Balaban J connectivity index is 1.80. The summed E-state index contributed by atoms with van der Waals surface area (Å²) in [5.41, 5.74) is 1.66. The van der Waals surface area contributed by atoms with E-state index in [0.717, 1.165) is 29.5 Å². The molecule has 0 N–H and O–H groups in total. The van der Waals surface area contributed by atoms with Crippen LogP contribution < -0.4 is 0 Å². The predicted octanol–water partition coefficient (Wildman–Crippen LogP) is 4.01. The average molecular weight is 338 g/mol. The molecule has 126 valence electrons. The number of aromatic nitrogens is 1. The van der Waals surface area contributed by atoms with E-state index in [1.165, 1.54) is 0 Å². The van der Waals surface area contributed by atoms with Crippen molar-refractivity contribution < 1.29 is 13.6 Å². The molecule has 0 bridgehead atoms. The fraction of sp³-hybridized carbons (Fsp3) is 0.150. The van der Waals surface area contributed by atoms with Crippen LogP contribution in [0.4, 0.5) is 8.78 Å². The van der Waals surface area contributed by atoms with Crippen molar-refractivity contribution in [1.82, 2.24) is 9.47 Å². The summed E-state index contributed by atoms with van der Waals surface area (Å²) < 4.78 is 29.8. The molecule has 3 aromatic rings. The Labute approximate surface area is 144 Å². The van der Waals surface area contributed by atoms with E-state index < -0.39 is 17.5 Å². The van der Waals surface area contributed by atoms with E-state index in [9.17, 15) is 13.6 Å². The van der Waals surface area contributed by atoms with Crippen LogP contribution in [0.25, 0.3) is 0 Å². The monoisotopic (exact) mass is 338 g/mol. The molecule has 1 aromatic heterocycles. The number of fused-ring (bicyclic) bond motifs is 1. The highest BCUT2D eigenvalue weighted by Gasteiger charge is 2.33. The molecular weight excluding hydrogens is 322 g/mol. The molecule has 0 aliphatic carbocycles. The van der Waals surface area contributed by atoms with Gasteiger partial charge in [-0.25, -0.2) is 8.78 Å². The average Bonchev–Trinajstić information content (AvgIpc) is 3.11. The Bertz CT molecular complexity index is 920. The number of nitrogens with zero attached hydrogens (tertiary/aromatic N) is 2. The van der Waals surface area contributed by atoms with Gasteiger partial charge in [0.15, 0.2) is 0 Å². The van der Waals surface area contributed by atoms with Crippen LogP contribution >= 0.6 is 0 Å². The standard InChI is InChI=1S/C20H16F2N2O/c21-15-8-9-17(22)16(13-15)20(25)24-12-11-23-10-4-7-18(23)19(24)14-5-2-1-3-6-14/h1-10,13,19H,11-12H2. The topological polar surface area (TPSA) is 25.2 Å². The van der Waals surface area contributed by atoms with Gasteiger partial charge in [-0.05, 0) is 35.9 Å². The van der Waals surface area contributed by atoms with E-state index in [1.807, 2.05) is 48.7 Å². The molecule has 1 amide bonds. The first-order valence-corrected chi connectivity index (χ1v) is 8.11. The van der Waals surface area contributed by atoms with E-state index in [2.05, 4.69) is 4.57 Å². The van der Waals surface area contributed by atoms with Gasteiger partial charge in [-0.15, -0.1) is 0 Å². The maximum absolute atomic E-state index is 14.1. The highest BCUT2D eigenvalue weighted by Crippen LogP contribution is 2.33. The highest BCUT2D eigenvalue weighted by molar-refractivity contribution is 5.95. The van der Waals surface area contributed by atoms with Crippen LogP contribution in [0.2, 0.25) is 0 Å². The minimum absolute atomic E-state index is 0.235. The van der Waals surface area contributed by atoms with Crippen LogP contribution in [0.5, 0.6) is 0 Å². The Morgan fingerprint density at radius 2 is 1.76 bits per heavy atom. The minimum Gasteiger partial charge on any atom is -0.348 e. The lowest BCUT2D eigenvalue weighted by atomic mass is 9.99. The molecule has 0 radical (unpaired) electrons. The van der Waals surface area contributed by atoms with Crippen molar-refractivity contribution in [1.29, 1.82) is 0 Å². The molecule has 0 saturated carbocycles. The van der Waals surface area contributed by atoms with Gasteiger partial charge in [-0.3, -0.25) is 4.79 Å². The second kappa shape index (κ2) is 6.16. The van der Waals surface area contributed by atoms with Gasteiger partial charge >= 0.3 is 0 Å². The molecule has 3 nitrogen and oxygen atoms in total. The fourth-order valence-electron chi connectivity index (χ4n) is 3.40. The maximum Gasteiger partial charge on any atom is 0.257 e. The van der Waals surface area contributed by atoms with Crippen LogP contribution in [0.1, 0.15) is 27.7 Å². The van der Waals surface area contributed by atoms with Crippen molar-refractivity contribution in [3.05, 3.63) is 95.3 Å². The van der Waals surface area contributed by atoms with Gasteiger partial charge in [0.1, 0.15) is 11.6 Å². The van der Waals surface area contributed by atoms with Gasteiger partial charge in [-0.1, -0.05) is 30.3 Å². The number of amides is 1. The number of hydrogen-bond donors (Lipinski definition) is 0. The molecular formula is C20H16F2N2O. The fourth-order valence-corrected chi connectivity index (χ4v) is 3.40. The molecule has 2 heterocycles. The number of benzene rings is 2. The van der Waals surface area contributed by atoms with E-state index in [-0.39, 0.29) is 11.6 Å². The molecule has 1 atom stereocenters. The van der Waals surface area contributed by atoms with E-state index in [1.54, 1.807) is 4.90 Å². The van der Waals surface area contributed by atoms with Crippen molar-refractivity contribution in [2.45, 2.75) is 12.6 Å². The summed E-state index contributed by atoms with van der Waals surface area (Å²) in [4.78, 5) is 14.6. The molecule has 0 fully saturated rings. The molecule has 4 rings (SSSR count). The lowest BCUT2D eigenvalue weighted by molar-refractivity contribution is 0.0658. The summed E-state index contributed by atoms with van der Waals surface area (Å²) in [5.74, 6) is -1.83. The molecule has 0 spiro atoms. The Kier molecular flexibility index (Phi) is 3.84. The van der Waals surface area contributed by atoms with Crippen molar-refractivity contribution in [2.75, 3.05) is 6.54 Å². The first-order chi connectivity index (χ1) is 12.1. The zero-order valence-electron chi connectivity index (χ0n) is 13.4. The Morgan fingerprint density at radius 1 is 0.960 bits per heavy atom. The van der Waals surface area contributed by atoms with Crippen LogP contribution in [0.15, 0.2) is 66.9 Å². The smallest absolute Gasteiger partial charge is 0.257 e. The van der Waals surface area contributed by atoms with Crippen LogP contribution in [0.3, 0.4) is 0 Å². The number of halogens is 2. The van der Waals surface area contributed by atoms with Gasteiger partial charge in [-0.2, -0.15) is 0 Å². The number of carbonyl (C=O) groups is 1. The molecule has 5 heteroatoms. The first-order valence-electron chi connectivity index (χ1n) is 8.11. The van der Waals surface area contributed by atoms with Gasteiger partial charge in [0, 0.05) is 25.0 Å². The van der Waals surface area contributed by atoms with Gasteiger partial charge in [0.2, 0.25) is 0 Å². The number of carbonyl (C=O) groups excluding carboxylic acids is 1. The number of hydrogen-bond acceptors (Lipinski definition) is 1. The third-order valence-corrected chi connectivity index (χ3v) is 4.57. The summed E-state index contributed by atoms with van der Waals surface area (Å²) in [6, 6.07) is 16.1. The summed E-state index contributed by atoms with van der Waals surface area (Å²) in [7, 11) is 0. The van der Waals surface area contributed by atoms with Gasteiger partial charge in [0.05, 0.1) is 11.6 Å². The zero-order chi connectivity index (χ0) is 17.4. The quantitative estimate of drug-likeness (QED) is 0.693. The van der Waals surface area contributed by atoms with E-state index in [0.29, 0.717) is 13.1 Å². The summed E-state index contributed by atoms with van der Waals surface area (Å²) in [6.45, 7) is 1.05. The second-order valence-electron chi connectivity index (χ2n) is 6.06. The third kappa shape index (κ3) is 2.71. The van der Waals surface area contributed by atoms with Crippen molar-refractivity contribution in [3.8, 4) is 0 Å². The third-order valence-electron chi connectivity index (χ3n) is 4.57. The summed E-state index contributed by atoms with van der Waals surface area (Å²) >= 11 is 0. The van der Waals surface area contributed by atoms with Crippen molar-refractivity contribution in [2.24, 2.45) is 0 Å². The number of rotatable bonds is 2. The summed E-state index contributed by atoms with van der Waals surface area (Å²) in [5, 5.41) is 0. The van der Waals surface area contributed by atoms with Gasteiger partial charge in [0.25, 0.3) is 5.91 Å². The molecule has 0 saturated heterocycles. The lowest BCUT2D eigenvalue weighted by Gasteiger charge is -2.37. The largest absolute Gasteiger partial charge is 0.348 e. The molecule has 1 unspecified atom stereocenters. The first kappa shape index (κ1) is 15.6. The van der Waals surface area contributed by atoms with Crippen molar-refractivity contribution in [3.63, 3.8) is 0 Å².